The van der Waals surface area contributed by atoms with Crippen molar-refractivity contribution in [1.82, 2.24) is 0 Å². The number of hydrogen-bond donors (Lipinski definition) is 1. The van der Waals surface area contributed by atoms with Gasteiger partial charge in [-0.2, -0.15) is 70.2 Å². The summed E-state index contributed by atoms with van der Waals surface area (Å²) in [6.45, 7) is 0.958. The van der Waals surface area contributed by atoms with E-state index < -0.39 is 79.7 Å². The Hall–Kier alpha value is -1.42. The second kappa shape index (κ2) is 9.32. The third-order valence-electron chi connectivity index (χ3n) is 4.47. The van der Waals surface area contributed by atoms with Gasteiger partial charge in [0.15, 0.2) is 0 Å². The minimum atomic E-state index is -8.42. The fourth-order valence-corrected chi connectivity index (χ4v) is 2.34. The van der Waals surface area contributed by atoms with Crippen molar-refractivity contribution in [3.8, 4) is 0 Å². The largest absolute Gasteiger partial charge is 0.396 e. The summed E-state index contributed by atoms with van der Waals surface area (Å²) in [4.78, 5) is 0. The van der Waals surface area contributed by atoms with E-state index in [0.29, 0.717) is 0 Å². The second-order valence-corrected chi connectivity index (χ2v) is 6.86. The fraction of sp³-hybridized carbons (Fsp3) is 0.875. The second-order valence-electron chi connectivity index (χ2n) is 6.86. The molecule has 0 heterocycles. The molecule has 0 unspecified atom stereocenters. The highest BCUT2D eigenvalue weighted by Gasteiger charge is 2.94. The minimum absolute atomic E-state index is 0.171. The Labute approximate surface area is 175 Å². The molecule has 0 bridgehead atoms. The third-order valence-corrected chi connectivity index (χ3v) is 4.47. The summed E-state index contributed by atoms with van der Waals surface area (Å²) in [5.41, 5.74) is 0. The van der Waals surface area contributed by atoms with Gasteiger partial charge in [0.25, 0.3) is 0 Å². The van der Waals surface area contributed by atoms with Crippen LogP contribution in [0.5, 0.6) is 0 Å². The Kier molecular flexibility index (Phi) is 8.92. The Bertz CT molecular complexity index is 669. The number of rotatable bonds is 14. The molecule has 0 aromatic rings. The molecule has 0 aromatic heterocycles. The molecule has 33 heavy (non-hydrogen) atoms. The van der Waals surface area contributed by atoms with Crippen molar-refractivity contribution < 1.29 is 75.4 Å². The van der Waals surface area contributed by atoms with Gasteiger partial charge < -0.3 is 5.11 Å². The average Bonchev–Trinajstić information content (AvgIpc) is 2.64. The van der Waals surface area contributed by atoms with Gasteiger partial charge in [0.05, 0.1) is 0 Å². The van der Waals surface area contributed by atoms with Crippen LogP contribution in [-0.2, 0) is 0 Å². The van der Waals surface area contributed by atoms with Crippen molar-refractivity contribution in [3.63, 3.8) is 0 Å². The molecule has 1 N–H and O–H groups in total. The van der Waals surface area contributed by atoms with Crippen LogP contribution in [0, 0.1) is 0 Å². The van der Waals surface area contributed by atoms with Gasteiger partial charge in [-0.3, -0.25) is 0 Å². The molecule has 0 fully saturated rings. The zero-order chi connectivity index (χ0) is 26.9. The Morgan fingerprint density at radius 1 is 0.485 bits per heavy atom. The molecular weight excluding hydrogens is 512 g/mol. The van der Waals surface area contributed by atoms with Gasteiger partial charge in [-0.1, -0.05) is 6.08 Å². The summed E-state index contributed by atoms with van der Waals surface area (Å²) in [6.07, 6.45) is -5.82. The van der Waals surface area contributed by atoms with Crippen LogP contribution >= 0.6 is 0 Å². The van der Waals surface area contributed by atoms with Crippen molar-refractivity contribution >= 4 is 0 Å². The van der Waals surface area contributed by atoms with E-state index in [4.69, 9.17) is 5.11 Å². The zero-order valence-electron chi connectivity index (χ0n) is 16.0. The maximum atomic E-state index is 13.6. The molecule has 0 aromatic carbocycles. The highest BCUT2D eigenvalue weighted by molar-refractivity contribution is 5.15. The third kappa shape index (κ3) is 4.74. The Morgan fingerprint density at radius 2 is 0.788 bits per heavy atom. The molecule has 0 saturated carbocycles. The van der Waals surface area contributed by atoms with Gasteiger partial charge in [0, 0.05) is 19.4 Å². The highest BCUT2D eigenvalue weighted by Crippen LogP contribution is 2.64. The van der Waals surface area contributed by atoms with Crippen LogP contribution in [0.3, 0.4) is 0 Å². The Morgan fingerprint density at radius 3 is 1.09 bits per heavy atom. The van der Waals surface area contributed by atoms with Crippen LogP contribution in [0.25, 0.3) is 0 Å². The summed E-state index contributed by atoms with van der Waals surface area (Å²) in [5.74, 6) is -61.0. The Balaban J connectivity index is 6.47. The van der Waals surface area contributed by atoms with Gasteiger partial charge in [0.2, 0.25) is 0 Å². The van der Waals surface area contributed by atoms with Gasteiger partial charge in [-0.15, -0.1) is 6.58 Å². The van der Waals surface area contributed by atoms with Crippen LogP contribution < -0.4 is 0 Å². The monoisotopic (exact) mass is 528 g/mol. The summed E-state index contributed by atoms with van der Waals surface area (Å²) < 4.78 is 216. The maximum absolute atomic E-state index is 13.6. The predicted molar refractivity (Wildman–Crippen MR) is 79.9 cm³/mol. The highest BCUT2D eigenvalue weighted by atomic mass is 19.4. The van der Waals surface area contributed by atoms with Crippen LogP contribution in [0.2, 0.25) is 0 Å². The molecule has 0 saturated heterocycles. The lowest BCUT2D eigenvalue weighted by Gasteiger charge is -2.43. The lowest BCUT2D eigenvalue weighted by molar-refractivity contribution is -0.453. The van der Waals surface area contributed by atoms with Crippen molar-refractivity contribution in [2.75, 3.05) is 6.61 Å². The summed E-state index contributed by atoms with van der Waals surface area (Å²) in [6, 6.07) is 0. The number of aliphatic hydroxyl groups excluding tert-OH is 1. The first-order valence-electron chi connectivity index (χ1n) is 8.61. The lowest BCUT2D eigenvalue weighted by Crippen LogP contribution is -2.74. The smallest absolute Gasteiger partial charge is 0.384 e. The quantitative estimate of drug-likeness (QED) is 0.144. The van der Waals surface area contributed by atoms with Crippen LogP contribution in [-0.4, -0.2) is 59.1 Å². The first-order valence-corrected chi connectivity index (χ1v) is 8.61. The first-order chi connectivity index (χ1) is 14.4. The number of unbranched alkanes of at least 4 members (excludes halogenated alkanes) is 2. The molecule has 0 atom stereocenters. The van der Waals surface area contributed by atoms with Crippen LogP contribution in [0.15, 0.2) is 12.7 Å². The molecule has 0 spiro atoms. The molecule has 0 aliphatic heterocycles. The van der Waals surface area contributed by atoms with Gasteiger partial charge >= 0.3 is 47.4 Å². The van der Waals surface area contributed by atoms with Crippen molar-refractivity contribution in [2.24, 2.45) is 0 Å². The first kappa shape index (κ1) is 31.6. The molecule has 0 amide bonds. The number of alkyl halides is 16. The number of aliphatic hydroxyl groups is 1. The maximum Gasteiger partial charge on any atom is 0.384 e. The van der Waals surface area contributed by atoms with E-state index >= 15 is 0 Å². The molecule has 0 radical (unpaired) electrons. The van der Waals surface area contributed by atoms with Crippen molar-refractivity contribution in [1.29, 1.82) is 0 Å². The topological polar surface area (TPSA) is 20.2 Å². The molecular formula is C16H16F16O. The molecule has 0 rings (SSSR count). The average molecular weight is 528 g/mol. The van der Waals surface area contributed by atoms with E-state index in [1.54, 1.807) is 0 Å². The van der Waals surface area contributed by atoms with Crippen LogP contribution in [0.1, 0.15) is 32.1 Å². The van der Waals surface area contributed by atoms with E-state index in [-0.39, 0.29) is 6.42 Å². The molecule has 17 heteroatoms. The van der Waals surface area contributed by atoms with Crippen molar-refractivity contribution in [3.05, 3.63) is 12.7 Å². The molecule has 198 valence electrons. The molecule has 0 aliphatic carbocycles. The SMILES string of the molecule is C=CCCCCC(F)(F)C(F)(F)C(F)(F)C(F)(F)C(F)(F)C(F)(F)C(F)(F)C(F)(F)CCO. The summed E-state index contributed by atoms with van der Waals surface area (Å²) >= 11 is 0. The van der Waals surface area contributed by atoms with Gasteiger partial charge in [0.1, 0.15) is 0 Å². The van der Waals surface area contributed by atoms with E-state index in [0.717, 1.165) is 6.08 Å². The standard InChI is InChI=1S/C16H16F16O/c1-2-3-4-5-6-9(17,18)11(21,22)13(25,26)15(29,30)16(31,32)14(27,28)12(23,24)10(19,20)7-8-33/h2,33H,1,3-8H2. The van der Waals surface area contributed by atoms with Gasteiger partial charge in [-0.25, -0.2) is 0 Å². The zero-order valence-corrected chi connectivity index (χ0v) is 16.0. The summed E-state index contributed by atoms with van der Waals surface area (Å²) in [5, 5.41) is 8.12. The van der Waals surface area contributed by atoms with E-state index in [9.17, 15) is 70.2 Å². The number of hydrogen-bond acceptors (Lipinski definition) is 1. The lowest BCUT2D eigenvalue weighted by atomic mass is 9.86. The van der Waals surface area contributed by atoms with Gasteiger partial charge in [-0.05, 0) is 19.3 Å². The minimum Gasteiger partial charge on any atom is -0.396 e. The van der Waals surface area contributed by atoms with E-state index in [1.807, 2.05) is 0 Å². The number of allylic oxidation sites excluding steroid dienone is 1. The van der Waals surface area contributed by atoms with Crippen LogP contribution in [0.4, 0.5) is 70.2 Å². The van der Waals surface area contributed by atoms with E-state index in [2.05, 4.69) is 6.58 Å². The van der Waals surface area contributed by atoms with E-state index in [1.165, 1.54) is 0 Å². The fourth-order valence-electron chi connectivity index (χ4n) is 2.34. The normalized spacial score (nSPS) is 15.7. The predicted octanol–water partition coefficient (Wildman–Crippen LogP) is 7.20. The molecule has 1 nitrogen and oxygen atoms in total. The summed E-state index contributed by atoms with van der Waals surface area (Å²) in [7, 11) is 0. The molecule has 0 aliphatic rings. The van der Waals surface area contributed by atoms with Crippen molar-refractivity contribution in [2.45, 2.75) is 79.5 Å². The number of halogens is 16.